The number of ketones is 1. The molecule has 33 heavy (non-hydrogen) atoms. The van der Waals surface area contributed by atoms with Gasteiger partial charge in [0.15, 0.2) is 10.9 Å². The van der Waals surface area contributed by atoms with Gasteiger partial charge in [-0.3, -0.25) is 4.79 Å². The Labute approximate surface area is 196 Å². The number of guanidine groups is 1. The zero-order valence-electron chi connectivity index (χ0n) is 18.5. The van der Waals surface area contributed by atoms with Gasteiger partial charge in [-0.1, -0.05) is 85.0 Å². The highest BCUT2D eigenvalue weighted by atomic mass is 32.1. The molecule has 2 heterocycles. The first kappa shape index (κ1) is 21.1. The zero-order valence-corrected chi connectivity index (χ0v) is 19.3. The van der Waals surface area contributed by atoms with E-state index < -0.39 is 6.04 Å². The number of nitrogens with zero attached hydrogens (tertiary/aromatic N) is 2. The molecule has 1 aliphatic rings. The monoisotopic (exact) mass is 452 g/mol. The number of carbonyl (C=O) groups excluding carboxylic acids is 1. The van der Waals surface area contributed by atoms with Gasteiger partial charge in [-0.25, -0.2) is 9.98 Å². The topological polar surface area (TPSA) is 66.4 Å². The van der Waals surface area contributed by atoms with Crippen molar-refractivity contribution in [2.45, 2.75) is 26.3 Å². The van der Waals surface area contributed by atoms with Crippen LogP contribution < -0.4 is 10.6 Å². The number of carbonyl (C=O) groups is 1. The molecular weight excluding hydrogens is 428 g/mol. The molecule has 3 aromatic carbocycles. The third-order valence-corrected chi connectivity index (χ3v) is 6.70. The average Bonchev–Trinajstić information content (AvgIpc) is 3.26. The van der Waals surface area contributed by atoms with Gasteiger partial charge in [-0.2, -0.15) is 0 Å². The van der Waals surface area contributed by atoms with Crippen LogP contribution in [0, 0.1) is 0 Å². The summed E-state index contributed by atoms with van der Waals surface area (Å²) in [5.41, 5.74) is 5.27. The second-order valence-electron chi connectivity index (χ2n) is 7.95. The van der Waals surface area contributed by atoms with Crippen LogP contribution in [0.3, 0.4) is 0 Å². The molecule has 4 aromatic rings. The van der Waals surface area contributed by atoms with Crippen LogP contribution in [-0.4, -0.2) is 16.7 Å². The van der Waals surface area contributed by atoms with Crippen LogP contribution in [0.5, 0.6) is 0 Å². The number of Topliss-reactive ketones (excluding diaryl/α,β-unsaturated/α-hetero) is 1. The Hall–Kier alpha value is -3.77. The predicted molar refractivity (Wildman–Crippen MR) is 136 cm³/mol. The molecule has 1 atom stereocenters. The Morgan fingerprint density at radius 1 is 1.00 bits per heavy atom. The summed E-state index contributed by atoms with van der Waals surface area (Å²) in [7, 11) is 0. The Morgan fingerprint density at radius 2 is 1.73 bits per heavy atom. The Bertz CT molecular complexity index is 1340. The van der Waals surface area contributed by atoms with Gasteiger partial charge in [0.05, 0.1) is 10.2 Å². The van der Waals surface area contributed by atoms with Crippen LogP contribution in [-0.2, 0) is 6.42 Å². The van der Waals surface area contributed by atoms with Crippen LogP contribution in [0.2, 0.25) is 0 Å². The molecule has 1 aromatic heterocycles. The minimum Gasteiger partial charge on any atom is -0.329 e. The molecule has 0 radical (unpaired) electrons. The number of anilines is 1. The van der Waals surface area contributed by atoms with E-state index in [2.05, 4.69) is 46.8 Å². The molecular formula is C27H24N4OS. The van der Waals surface area contributed by atoms with Crippen molar-refractivity contribution >= 4 is 38.4 Å². The fourth-order valence-electron chi connectivity index (χ4n) is 3.98. The van der Waals surface area contributed by atoms with E-state index in [1.54, 1.807) is 11.3 Å². The molecule has 0 fully saturated rings. The molecule has 0 bridgehead atoms. The smallest absolute Gasteiger partial charge is 0.202 e. The van der Waals surface area contributed by atoms with Crippen LogP contribution in [0.25, 0.3) is 10.2 Å². The maximum Gasteiger partial charge on any atom is 0.202 e. The summed E-state index contributed by atoms with van der Waals surface area (Å²) < 4.78 is 1.11. The lowest BCUT2D eigenvalue weighted by atomic mass is 9.90. The number of para-hydroxylation sites is 1. The van der Waals surface area contributed by atoms with E-state index in [-0.39, 0.29) is 5.78 Å². The molecule has 5 rings (SSSR count). The number of aromatic nitrogens is 1. The molecule has 164 valence electrons. The average molecular weight is 453 g/mol. The van der Waals surface area contributed by atoms with Crippen molar-refractivity contribution in [2.75, 3.05) is 5.32 Å². The highest BCUT2D eigenvalue weighted by Crippen LogP contribution is 2.34. The van der Waals surface area contributed by atoms with E-state index in [9.17, 15) is 4.79 Å². The van der Waals surface area contributed by atoms with E-state index in [1.165, 1.54) is 5.56 Å². The van der Waals surface area contributed by atoms with Crippen molar-refractivity contribution in [1.29, 1.82) is 0 Å². The second kappa shape index (κ2) is 9.00. The maximum atomic E-state index is 13.5. The van der Waals surface area contributed by atoms with Gasteiger partial charge in [0.2, 0.25) is 5.96 Å². The summed E-state index contributed by atoms with van der Waals surface area (Å²) in [6.45, 7) is 4.06. The largest absolute Gasteiger partial charge is 0.329 e. The van der Waals surface area contributed by atoms with E-state index in [0.717, 1.165) is 33.0 Å². The third kappa shape index (κ3) is 4.30. The minimum atomic E-state index is -0.415. The molecule has 6 heteroatoms. The number of thiazole rings is 1. The molecule has 0 saturated carbocycles. The highest BCUT2D eigenvalue weighted by Gasteiger charge is 2.30. The zero-order chi connectivity index (χ0) is 22.8. The lowest BCUT2D eigenvalue weighted by molar-refractivity contribution is 0.102. The molecule has 2 N–H and O–H groups in total. The van der Waals surface area contributed by atoms with Gasteiger partial charge in [0.25, 0.3) is 0 Å². The van der Waals surface area contributed by atoms with Gasteiger partial charge in [0, 0.05) is 16.8 Å². The summed E-state index contributed by atoms with van der Waals surface area (Å²) in [5.74, 6) is 0.564. The predicted octanol–water partition coefficient (Wildman–Crippen LogP) is 6.13. The Morgan fingerprint density at radius 3 is 2.45 bits per heavy atom. The van der Waals surface area contributed by atoms with E-state index in [1.807, 2.05) is 61.5 Å². The van der Waals surface area contributed by atoms with Crippen molar-refractivity contribution < 1.29 is 4.79 Å². The van der Waals surface area contributed by atoms with Gasteiger partial charge in [-0.05, 0) is 36.6 Å². The van der Waals surface area contributed by atoms with Crippen LogP contribution in [0.15, 0.2) is 95.1 Å². The number of fused-ring (bicyclic) bond motifs is 1. The van der Waals surface area contributed by atoms with Gasteiger partial charge in [0.1, 0.15) is 6.04 Å². The van der Waals surface area contributed by atoms with E-state index in [4.69, 9.17) is 4.99 Å². The quantitative estimate of drug-likeness (QED) is 0.358. The fraction of sp³-hybridized carbons (Fsp3) is 0.148. The first-order valence-corrected chi connectivity index (χ1v) is 11.8. The van der Waals surface area contributed by atoms with Crippen LogP contribution >= 0.6 is 11.3 Å². The number of aryl methyl sites for hydroxylation is 1. The minimum absolute atomic E-state index is 0.0204. The number of aliphatic imine (C=N–C) groups is 1. The number of hydrogen-bond donors (Lipinski definition) is 2. The molecule has 0 aliphatic carbocycles. The van der Waals surface area contributed by atoms with Crippen molar-refractivity contribution in [3.8, 4) is 0 Å². The summed E-state index contributed by atoms with van der Waals surface area (Å²) in [5, 5.41) is 7.38. The molecule has 0 amide bonds. The molecule has 5 nitrogen and oxygen atoms in total. The van der Waals surface area contributed by atoms with Gasteiger partial charge < -0.3 is 10.6 Å². The number of allylic oxidation sites excluding steroid dienone is 1. The maximum absolute atomic E-state index is 13.5. The molecule has 0 unspecified atom stereocenters. The molecule has 0 saturated heterocycles. The number of benzene rings is 3. The SMILES string of the molecule is CCc1ccc([C@H]2N=C(Nc3nc4ccccc4s3)NC(C)=C2C(=O)c2ccccc2)cc1. The molecule has 0 spiro atoms. The normalized spacial score (nSPS) is 15.8. The van der Waals surface area contributed by atoms with Crippen molar-refractivity contribution in [3.63, 3.8) is 0 Å². The van der Waals surface area contributed by atoms with Crippen LogP contribution in [0.4, 0.5) is 5.13 Å². The van der Waals surface area contributed by atoms with Gasteiger partial charge >= 0.3 is 0 Å². The first-order chi connectivity index (χ1) is 16.1. The fourth-order valence-corrected chi connectivity index (χ4v) is 4.85. The lowest BCUT2D eigenvalue weighted by Crippen LogP contribution is -2.36. The number of rotatable bonds is 5. The summed E-state index contributed by atoms with van der Waals surface area (Å²) in [6, 6.07) is 25.3. The van der Waals surface area contributed by atoms with E-state index in [0.29, 0.717) is 17.1 Å². The van der Waals surface area contributed by atoms with Crippen LogP contribution in [0.1, 0.15) is 41.4 Å². The lowest BCUT2D eigenvalue weighted by Gasteiger charge is -2.26. The van der Waals surface area contributed by atoms with Crippen molar-refractivity contribution in [1.82, 2.24) is 10.3 Å². The number of hydrogen-bond acceptors (Lipinski definition) is 6. The third-order valence-electron chi connectivity index (χ3n) is 5.75. The standard InChI is InChI=1S/C27H24N4OS/c1-3-18-13-15-19(16-14-18)24-23(25(32)20-9-5-4-6-10-20)17(2)28-26(30-24)31-27-29-21-11-7-8-12-22(21)33-27/h4-16,24H,3H2,1-2H3,(H2,28,29,30,31)/t24-/m1/s1. The van der Waals surface area contributed by atoms with Crippen molar-refractivity contribution in [2.24, 2.45) is 4.99 Å². The first-order valence-electron chi connectivity index (χ1n) is 11.0. The Balaban J connectivity index is 1.53. The Kier molecular flexibility index (Phi) is 5.75. The second-order valence-corrected chi connectivity index (χ2v) is 8.98. The summed E-state index contributed by atoms with van der Waals surface area (Å²) in [4.78, 5) is 23.1. The highest BCUT2D eigenvalue weighted by molar-refractivity contribution is 7.22. The summed E-state index contributed by atoms with van der Waals surface area (Å²) >= 11 is 1.57. The molecule has 1 aliphatic heterocycles. The van der Waals surface area contributed by atoms with Crippen molar-refractivity contribution in [3.05, 3.63) is 107 Å². The number of nitrogens with one attached hydrogen (secondary N) is 2. The van der Waals surface area contributed by atoms with E-state index >= 15 is 0 Å². The summed E-state index contributed by atoms with van der Waals surface area (Å²) in [6.07, 6.45) is 0.963. The van der Waals surface area contributed by atoms with Gasteiger partial charge in [-0.15, -0.1) is 0 Å².